The number of amides is 1. The maximum Gasteiger partial charge on any atom is 0.251 e. The highest BCUT2D eigenvalue weighted by Gasteiger charge is 2.38. The standard InChI is InChI=1S/C13H18N2O/c1-13(7-8-13)15-12(16)11-4-2-10(3-5-11)6-9-14/h2-5H,6-9,14H2,1H3,(H,15,16). The predicted octanol–water partition coefficient (Wildman–Crippen LogP) is 1.47. The van der Waals surface area contributed by atoms with Crippen LogP contribution in [0.25, 0.3) is 0 Å². The summed E-state index contributed by atoms with van der Waals surface area (Å²) in [6.45, 7) is 2.72. The monoisotopic (exact) mass is 218 g/mol. The van der Waals surface area contributed by atoms with Gasteiger partial charge >= 0.3 is 0 Å². The molecule has 16 heavy (non-hydrogen) atoms. The topological polar surface area (TPSA) is 55.1 Å². The van der Waals surface area contributed by atoms with E-state index < -0.39 is 0 Å². The zero-order chi connectivity index (χ0) is 11.6. The minimum absolute atomic E-state index is 0.0271. The summed E-state index contributed by atoms with van der Waals surface area (Å²) in [6, 6.07) is 7.67. The van der Waals surface area contributed by atoms with E-state index in [2.05, 4.69) is 12.2 Å². The van der Waals surface area contributed by atoms with Gasteiger partial charge in [-0.2, -0.15) is 0 Å². The summed E-state index contributed by atoms with van der Waals surface area (Å²) < 4.78 is 0. The second kappa shape index (κ2) is 4.26. The Bertz CT molecular complexity index is 379. The van der Waals surface area contributed by atoms with Crippen molar-refractivity contribution in [2.45, 2.75) is 31.7 Å². The first-order valence-corrected chi connectivity index (χ1v) is 5.74. The van der Waals surface area contributed by atoms with E-state index in [0.717, 1.165) is 24.8 Å². The minimum atomic E-state index is 0.0271. The molecule has 0 unspecified atom stereocenters. The molecule has 0 aromatic heterocycles. The maximum atomic E-state index is 11.8. The van der Waals surface area contributed by atoms with Gasteiger partial charge < -0.3 is 11.1 Å². The van der Waals surface area contributed by atoms with Gasteiger partial charge in [0.2, 0.25) is 0 Å². The fourth-order valence-corrected chi connectivity index (χ4v) is 1.65. The van der Waals surface area contributed by atoms with Gasteiger partial charge in [-0.25, -0.2) is 0 Å². The molecule has 1 aliphatic carbocycles. The third kappa shape index (κ3) is 2.61. The molecule has 86 valence electrons. The van der Waals surface area contributed by atoms with Crippen molar-refractivity contribution in [2.24, 2.45) is 5.73 Å². The van der Waals surface area contributed by atoms with E-state index in [1.54, 1.807) is 0 Å². The van der Waals surface area contributed by atoms with Crippen LogP contribution in [0.3, 0.4) is 0 Å². The summed E-state index contributed by atoms with van der Waals surface area (Å²) >= 11 is 0. The fraction of sp³-hybridized carbons (Fsp3) is 0.462. The smallest absolute Gasteiger partial charge is 0.251 e. The van der Waals surface area contributed by atoms with E-state index in [0.29, 0.717) is 6.54 Å². The van der Waals surface area contributed by atoms with Crippen molar-refractivity contribution in [3.63, 3.8) is 0 Å². The Hall–Kier alpha value is -1.35. The quantitative estimate of drug-likeness (QED) is 0.804. The van der Waals surface area contributed by atoms with Gasteiger partial charge in [-0.05, 0) is 50.4 Å². The molecule has 1 aromatic rings. The van der Waals surface area contributed by atoms with Crippen molar-refractivity contribution >= 4 is 5.91 Å². The SMILES string of the molecule is CC1(NC(=O)c2ccc(CCN)cc2)CC1. The number of carbonyl (C=O) groups is 1. The van der Waals surface area contributed by atoms with Gasteiger partial charge in [-0.1, -0.05) is 12.1 Å². The van der Waals surface area contributed by atoms with Crippen LogP contribution in [0.15, 0.2) is 24.3 Å². The molecule has 1 fully saturated rings. The van der Waals surface area contributed by atoms with Crippen molar-refractivity contribution in [3.8, 4) is 0 Å². The van der Waals surface area contributed by atoms with E-state index in [1.165, 1.54) is 5.56 Å². The predicted molar refractivity (Wildman–Crippen MR) is 64.3 cm³/mol. The van der Waals surface area contributed by atoms with Gasteiger partial charge in [0.1, 0.15) is 0 Å². The molecular formula is C13H18N2O. The van der Waals surface area contributed by atoms with Crippen LogP contribution in [-0.2, 0) is 6.42 Å². The second-order valence-corrected chi connectivity index (χ2v) is 4.75. The van der Waals surface area contributed by atoms with E-state index in [9.17, 15) is 4.79 Å². The Morgan fingerprint density at radius 3 is 2.50 bits per heavy atom. The highest BCUT2D eigenvalue weighted by Crippen LogP contribution is 2.34. The van der Waals surface area contributed by atoms with E-state index in [1.807, 2.05) is 24.3 Å². The molecule has 0 atom stereocenters. The molecule has 0 spiro atoms. The number of rotatable bonds is 4. The molecule has 0 saturated heterocycles. The lowest BCUT2D eigenvalue weighted by Gasteiger charge is -2.11. The van der Waals surface area contributed by atoms with Crippen molar-refractivity contribution in [3.05, 3.63) is 35.4 Å². The fourth-order valence-electron chi connectivity index (χ4n) is 1.65. The van der Waals surface area contributed by atoms with Gasteiger partial charge in [-0.3, -0.25) is 4.79 Å². The van der Waals surface area contributed by atoms with E-state index >= 15 is 0 Å². The lowest BCUT2D eigenvalue weighted by molar-refractivity contribution is 0.0935. The number of hydrogen-bond donors (Lipinski definition) is 2. The molecule has 0 heterocycles. The van der Waals surface area contributed by atoms with Crippen LogP contribution in [0.1, 0.15) is 35.7 Å². The lowest BCUT2D eigenvalue weighted by Crippen LogP contribution is -2.34. The van der Waals surface area contributed by atoms with Gasteiger partial charge in [0, 0.05) is 11.1 Å². The summed E-state index contributed by atoms with van der Waals surface area (Å²) in [4.78, 5) is 11.8. The number of benzene rings is 1. The van der Waals surface area contributed by atoms with Crippen LogP contribution in [0.2, 0.25) is 0 Å². The summed E-state index contributed by atoms with van der Waals surface area (Å²) in [6.07, 6.45) is 3.04. The number of carbonyl (C=O) groups excluding carboxylic acids is 1. The number of nitrogens with two attached hydrogens (primary N) is 1. The van der Waals surface area contributed by atoms with Crippen molar-refractivity contribution < 1.29 is 4.79 Å². The Labute approximate surface area is 96.0 Å². The normalized spacial score (nSPS) is 16.9. The van der Waals surface area contributed by atoms with Crippen LogP contribution in [0.5, 0.6) is 0 Å². The number of hydrogen-bond acceptors (Lipinski definition) is 2. The molecule has 3 nitrogen and oxygen atoms in total. The summed E-state index contributed by atoms with van der Waals surface area (Å²) in [5.41, 5.74) is 7.43. The van der Waals surface area contributed by atoms with Crippen LogP contribution in [0.4, 0.5) is 0 Å². The Morgan fingerprint density at radius 1 is 1.38 bits per heavy atom. The maximum absolute atomic E-state index is 11.8. The largest absolute Gasteiger partial charge is 0.347 e. The molecule has 1 amide bonds. The van der Waals surface area contributed by atoms with Gasteiger partial charge in [0.25, 0.3) is 5.91 Å². The van der Waals surface area contributed by atoms with Crippen molar-refractivity contribution in [1.82, 2.24) is 5.32 Å². The molecule has 1 saturated carbocycles. The van der Waals surface area contributed by atoms with Crippen molar-refractivity contribution in [2.75, 3.05) is 6.54 Å². The molecule has 2 rings (SSSR count). The molecule has 0 bridgehead atoms. The second-order valence-electron chi connectivity index (χ2n) is 4.75. The van der Waals surface area contributed by atoms with E-state index in [-0.39, 0.29) is 11.4 Å². The summed E-state index contributed by atoms with van der Waals surface area (Å²) in [7, 11) is 0. The summed E-state index contributed by atoms with van der Waals surface area (Å²) in [5, 5.41) is 3.03. The van der Waals surface area contributed by atoms with Crippen LogP contribution >= 0.6 is 0 Å². The minimum Gasteiger partial charge on any atom is -0.347 e. The highest BCUT2D eigenvalue weighted by molar-refractivity contribution is 5.94. The first-order chi connectivity index (χ1) is 7.63. The van der Waals surface area contributed by atoms with Crippen LogP contribution < -0.4 is 11.1 Å². The first-order valence-electron chi connectivity index (χ1n) is 5.74. The molecule has 1 aliphatic rings. The lowest BCUT2D eigenvalue weighted by atomic mass is 10.1. The van der Waals surface area contributed by atoms with Crippen LogP contribution in [-0.4, -0.2) is 18.0 Å². The Kier molecular flexibility index (Phi) is 2.97. The third-order valence-electron chi connectivity index (χ3n) is 3.06. The molecule has 1 aromatic carbocycles. The highest BCUT2D eigenvalue weighted by atomic mass is 16.1. The third-order valence-corrected chi connectivity index (χ3v) is 3.06. The van der Waals surface area contributed by atoms with Gasteiger partial charge in [0.15, 0.2) is 0 Å². The molecular weight excluding hydrogens is 200 g/mol. The molecule has 3 heteroatoms. The average Bonchev–Trinajstić information content (AvgIpc) is 2.97. The van der Waals surface area contributed by atoms with Crippen LogP contribution in [0, 0.1) is 0 Å². The zero-order valence-corrected chi connectivity index (χ0v) is 9.62. The zero-order valence-electron chi connectivity index (χ0n) is 9.62. The average molecular weight is 218 g/mol. The molecule has 3 N–H and O–H groups in total. The number of nitrogens with one attached hydrogen (secondary N) is 1. The van der Waals surface area contributed by atoms with E-state index in [4.69, 9.17) is 5.73 Å². The van der Waals surface area contributed by atoms with Gasteiger partial charge in [0.05, 0.1) is 0 Å². The first kappa shape index (κ1) is 11.1. The van der Waals surface area contributed by atoms with Crippen molar-refractivity contribution in [1.29, 1.82) is 0 Å². The molecule has 0 radical (unpaired) electrons. The Morgan fingerprint density at radius 2 is 2.00 bits per heavy atom. The summed E-state index contributed by atoms with van der Waals surface area (Å²) in [5.74, 6) is 0.0271. The molecule has 0 aliphatic heterocycles. The Balaban J connectivity index is 2.00. The van der Waals surface area contributed by atoms with Gasteiger partial charge in [-0.15, -0.1) is 0 Å².